The summed E-state index contributed by atoms with van der Waals surface area (Å²) in [6.45, 7) is 0.405. The number of carbonyl (C=O) groups is 1. The van der Waals surface area contributed by atoms with Gasteiger partial charge in [0.1, 0.15) is 11.6 Å². The molecular formula is C22H24ClFN2O3. The summed E-state index contributed by atoms with van der Waals surface area (Å²) in [4.78, 5) is 12.5. The van der Waals surface area contributed by atoms with Crippen LogP contribution in [-0.4, -0.2) is 31.9 Å². The van der Waals surface area contributed by atoms with Gasteiger partial charge < -0.3 is 14.8 Å². The minimum absolute atomic E-state index is 0.0207. The second kappa shape index (κ2) is 8.59. The lowest BCUT2D eigenvalue weighted by atomic mass is 9.93. The Hall–Kier alpha value is -2.31. The molecule has 0 spiro atoms. The van der Waals surface area contributed by atoms with Crippen molar-refractivity contribution in [3.8, 4) is 16.9 Å². The summed E-state index contributed by atoms with van der Waals surface area (Å²) < 4.78 is 24.3. The van der Waals surface area contributed by atoms with Crippen molar-refractivity contribution < 1.29 is 18.7 Å². The van der Waals surface area contributed by atoms with Gasteiger partial charge in [0.25, 0.3) is 0 Å². The Labute approximate surface area is 174 Å². The molecule has 29 heavy (non-hydrogen) atoms. The van der Waals surface area contributed by atoms with E-state index in [0.717, 1.165) is 12.8 Å². The van der Waals surface area contributed by atoms with Gasteiger partial charge in [-0.05, 0) is 61.4 Å². The molecular weight excluding hydrogens is 395 g/mol. The van der Waals surface area contributed by atoms with E-state index in [0.29, 0.717) is 47.2 Å². The van der Waals surface area contributed by atoms with Gasteiger partial charge in [-0.15, -0.1) is 0 Å². The Morgan fingerprint density at radius 2 is 1.97 bits per heavy atom. The van der Waals surface area contributed by atoms with Crippen LogP contribution in [0.2, 0.25) is 5.02 Å². The first-order chi connectivity index (χ1) is 14.0. The van der Waals surface area contributed by atoms with Gasteiger partial charge in [-0.3, -0.25) is 5.32 Å². The zero-order chi connectivity index (χ0) is 20.4. The molecule has 5 nitrogen and oxygen atoms in total. The van der Waals surface area contributed by atoms with Gasteiger partial charge >= 0.3 is 6.09 Å². The molecule has 154 valence electrons. The fourth-order valence-corrected chi connectivity index (χ4v) is 4.50. The van der Waals surface area contributed by atoms with Crippen LogP contribution in [0.3, 0.4) is 0 Å². The van der Waals surface area contributed by atoms with E-state index < -0.39 is 11.9 Å². The molecule has 2 atom stereocenters. The maximum atomic E-state index is 13.5. The zero-order valence-electron chi connectivity index (χ0n) is 16.2. The van der Waals surface area contributed by atoms with Crippen LogP contribution in [0.5, 0.6) is 5.75 Å². The van der Waals surface area contributed by atoms with Crippen LogP contribution in [0, 0.1) is 11.7 Å². The van der Waals surface area contributed by atoms with Crippen molar-refractivity contribution in [3.63, 3.8) is 0 Å². The highest BCUT2D eigenvalue weighted by Gasteiger charge is 2.33. The zero-order valence-corrected chi connectivity index (χ0v) is 17.0. The first kappa shape index (κ1) is 20.0. The molecule has 2 bridgehead atoms. The second-order valence-corrected chi connectivity index (χ2v) is 8.15. The van der Waals surface area contributed by atoms with Crippen molar-refractivity contribution in [3.05, 3.63) is 47.2 Å². The minimum atomic E-state index is -0.515. The third-order valence-electron chi connectivity index (χ3n) is 5.71. The topological polar surface area (TPSA) is 59.6 Å². The number of halogens is 2. The second-order valence-electron chi connectivity index (χ2n) is 7.74. The van der Waals surface area contributed by atoms with Gasteiger partial charge in [0, 0.05) is 23.7 Å². The molecule has 2 aliphatic rings. The van der Waals surface area contributed by atoms with Gasteiger partial charge in [0.2, 0.25) is 0 Å². The van der Waals surface area contributed by atoms with Crippen LogP contribution >= 0.6 is 11.6 Å². The van der Waals surface area contributed by atoms with Crippen LogP contribution in [0.25, 0.3) is 11.1 Å². The van der Waals surface area contributed by atoms with E-state index in [1.807, 2.05) is 0 Å². The number of carbonyl (C=O) groups excluding carboxylic acids is 1. The van der Waals surface area contributed by atoms with Crippen molar-refractivity contribution in [1.82, 2.24) is 5.32 Å². The summed E-state index contributed by atoms with van der Waals surface area (Å²) in [6, 6.07) is 10.8. The van der Waals surface area contributed by atoms with E-state index in [9.17, 15) is 9.18 Å². The van der Waals surface area contributed by atoms with Gasteiger partial charge in [-0.25, -0.2) is 9.18 Å². The Balaban J connectivity index is 1.46. The molecule has 0 radical (unpaired) electrons. The highest BCUT2D eigenvalue weighted by atomic mass is 35.5. The summed E-state index contributed by atoms with van der Waals surface area (Å²) >= 11 is 5.93. The lowest BCUT2D eigenvalue weighted by molar-refractivity contribution is 0.122. The fraction of sp³-hybridized carbons (Fsp3) is 0.409. The van der Waals surface area contributed by atoms with Crippen molar-refractivity contribution in [2.75, 3.05) is 19.0 Å². The quantitative estimate of drug-likeness (QED) is 0.697. The number of piperidine rings is 1. The van der Waals surface area contributed by atoms with Gasteiger partial charge in [-0.2, -0.15) is 0 Å². The number of nitrogens with one attached hydrogen (secondary N) is 2. The van der Waals surface area contributed by atoms with E-state index in [4.69, 9.17) is 21.1 Å². The van der Waals surface area contributed by atoms with Gasteiger partial charge in [0.05, 0.1) is 24.4 Å². The van der Waals surface area contributed by atoms with Gasteiger partial charge in [-0.1, -0.05) is 17.7 Å². The first-order valence-corrected chi connectivity index (χ1v) is 10.2. The minimum Gasteiger partial charge on any atom is -0.497 e. The van der Waals surface area contributed by atoms with E-state index in [1.165, 1.54) is 25.0 Å². The molecule has 0 saturated carbocycles. The average Bonchev–Trinajstić information content (AvgIpc) is 3.06. The molecule has 4 rings (SSSR count). The fourth-order valence-electron chi connectivity index (χ4n) is 4.32. The molecule has 2 fully saturated rings. The van der Waals surface area contributed by atoms with Crippen LogP contribution < -0.4 is 15.4 Å². The molecule has 2 unspecified atom stereocenters. The molecule has 1 amide bonds. The number of anilines is 1. The highest BCUT2D eigenvalue weighted by molar-refractivity contribution is 6.31. The molecule has 2 aliphatic heterocycles. The number of rotatable bonds is 5. The standard InChI is InChI=1S/C22H24ClFN2O3/c1-28-17-5-6-18(14-2-7-20(24)19(23)10-14)21(11-17)26-22(27)29-12-13-8-15-3-4-16(9-13)25-15/h2,5-7,10-11,13,15-16,25H,3-4,8-9,12H2,1H3,(H,26,27). The lowest BCUT2D eigenvalue weighted by Crippen LogP contribution is -2.39. The number of benzene rings is 2. The highest BCUT2D eigenvalue weighted by Crippen LogP contribution is 2.34. The van der Waals surface area contributed by atoms with E-state index in [-0.39, 0.29) is 5.02 Å². The maximum absolute atomic E-state index is 13.5. The molecule has 0 aromatic heterocycles. The Bertz CT molecular complexity index is 896. The van der Waals surface area contributed by atoms with Crippen LogP contribution in [0.1, 0.15) is 25.7 Å². The number of fused-ring (bicyclic) bond motifs is 2. The SMILES string of the molecule is COc1ccc(-c2ccc(F)c(Cl)c2)c(NC(=O)OCC2CC3CCC(C2)N3)c1. The van der Waals surface area contributed by atoms with E-state index >= 15 is 0 Å². The number of methoxy groups -OCH3 is 1. The summed E-state index contributed by atoms with van der Waals surface area (Å²) in [6.07, 6.45) is 3.99. The number of amides is 1. The van der Waals surface area contributed by atoms with Crippen molar-refractivity contribution in [2.24, 2.45) is 5.92 Å². The molecule has 2 aromatic rings. The molecule has 2 N–H and O–H groups in total. The first-order valence-electron chi connectivity index (χ1n) is 9.85. The van der Waals surface area contributed by atoms with E-state index in [2.05, 4.69) is 10.6 Å². The summed E-state index contributed by atoms with van der Waals surface area (Å²) in [7, 11) is 1.55. The number of hydrogen-bond donors (Lipinski definition) is 2. The monoisotopic (exact) mass is 418 g/mol. The molecule has 2 saturated heterocycles. The third-order valence-corrected chi connectivity index (χ3v) is 6.00. The predicted octanol–water partition coefficient (Wildman–Crippen LogP) is 5.23. The average molecular weight is 419 g/mol. The number of ether oxygens (including phenoxy) is 2. The van der Waals surface area contributed by atoms with Crippen LogP contribution in [-0.2, 0) is 4.74 Å². The van der Waals surface area contributed by atoms with Crippen molar-refractivity contribution >= 4 is 23.4 Å². The third kappa shape index (κ3) is 4.65. The van der Waals surface area contributed by atoms with Crippen LogP contribution in [0.15, 0.2) is 36.4 Å². The van der Waals surface area contributed by atoms with Crippen LogP contribution in [0.4, 0.5) is 14.9 Å². The summed E-state index contributed by atoms with van der Waals surface area (Å²) in [5.41, 5.74) is 1.90. The smallest absolute Gasteiger partial charge is 0.411 e. The molecule has 2 heterocycles. The summed E-state index contributed by atoms with van der Waals surface area (Å²) in [5, 5.41) is 6.41. The normalized spacial score (nSPS) is 22.9. The number of hydrogen-bond acceptors (Lipinski definition) is 4. The van der Waals surface area contributed by atoms with Gasteiger partial charge in [0.15, 0.2) is 0 Å². The Morgan fingerprint density at radius 3 is 2.66 bits per heavy atom. The lowest BCUT2D eigenvalue weighted by Gasteiger charge is -2.28. The molecule has 0 aliphatic carbocycles. The largest absolute Gasteiger partial charge is 0.497 e. The Kier molecular flexibility index (Phi) is 5.92. The summed E-state index contributed by atoms with van der Waals surface area (Å²) in [5.74, 6) is 0.487. The molecule has 7 heteroatoms. The molecule has 2 aromatic carbocycles. The maximum Gasteiger partial charge on any atom is 0.411 e. The van der Waals surface area contributed by atoms with Crippen molar-refractivity contribution in [2.45, 2.75) is 37.8 Å². The van der Waals surface area contributed by atoms with E-state index in [1.54, 1.807) is 31.4 Å². The predicted molar refractivity (Wildman–Crippen MR) is 111 cm³/mol. The van der Waals surface area contributed by atoms with Crippen molar-refractivity contribution in [1.29, 1.82) is 0 Å². The Morgan fingerprint density at radius 1 is 1.21 bits per heavy atom.